The molecule has 0 heterocycles. The lowest BCUT2D eigenvalue weighted by atomic mass is 10.1. The molecule has 2 rings (SSSR count). The van der Waals surface area contributed by atoms with E-state index in [-0.39, 0.29) is 5.91 Å². The SMILES string of the molecule is CC(=O)[O-].Cc1ccccc1CC(=O)NCCc1ccccc1. The van der Waals surface area contributed by atoms with Gasteiger partial charge in [-0.3, -0.25) is 4.79 Å². The molecule has 0 spiro atoms. The van der Waals surface area contributed by atoms with E-state index in [2.05, 4.69) is 17.4 Å². The lowest BCUT2D eigenvalue weighted by Crippen LogP contribution is -2.27. The first-order valence-corrected chi connectivity index (χ1v) is 7.51. The lowest BCUT2D eigenvalue weighted by molar-refractivity contribution is -0.302. The molecule has 0 fully saturated rings. The van der Waals surface area contributed by atoms with Gasteiger partial charge in [-0.05, 0) is 37.0 Å². The maximum atomic E-state index is 11.8. The minimum Gasteiger partial charge on any atom is -0.550 e. The highest BCUT2D eigenvalue weighted by atomic mass is 16.4. The van der Waals surface area contributed by atoms with E-state index in [9.17, 15) is 4.79 Å². The molecular weight excluding hydrogens is 290 g/mol. The van der Waals surface area contributed by atoms with Gasteiger partial charge in [0.25, 0.3) is 0 Å². The average molecular weight is 312 g/mol. The zero-order valence-electron chi connectivity index (χ0n) is 13.5. The highest BCUT2D eigenvalue weighted by Crippen LogP contribution is 2.07. The van der Waals surface area contributed by atoms with Crippen molar-refractivity contribution in [1.29, 1.82) is 0 Å². The van der Waals surface area contributed by atoms with Gasteiger partial charge in [0.15, 0.2) is 0 Å². The third-order valence-corrected chi connectivity index (χ3v) is 3.19. The highest BCUT2D eigenvalue weighted by molar-refractivity contribution is 5.78. The van der Waals surface area contributed by atoms with Crippen LogP contribution >= 0.6 is 0 Å². The summed E-state index contributed by atoms with van der Waals surface area (Å²) >= 11 is 0. The summed E-state index contributed by atoms with van der Waals surface area (Å²) in [4.78, 5) is 20.7. The van der Waals surface area contributed by atoms with Crippen LogP contribution in [0.3, 0.4) is 0 Å². The van der Waals surface area contributed by atoms with Crippen molar-refractivity contribution in [2.24, 2.45) is 0 Å². The second-order valence-electron chi connectivity index (χ2n) is 5.18. The molecule has 2 aromatic carbocycles. The van der Waals surface area contributed by atoms with Crippen molar-refractivity contribution in [3.63, 3.8) is 0 Å². The zero-order valence-corrected chi connectivity index (χ0v) is 13.5. The number of amides is 1. The number of rotatable bonds is 5. The molecule has 0 radical (unpaired) electrons. The van der Waals surface area contributed by atoms with Gasteiger partial charge >= 0.3 is 0 Å². The third kappa shape index (κ3) is 8.41. The van der Waals surface area contributed by atoms with Crippen molar-refractivity contribution in [1.82, 2.24) is 5.32 Å². The standard InChI is InChI=1S/C17H19NO.C2H4O2/c1-14-7-5-6-10-16(14)13-17(19)18-12-11-15-8-3-2-4-9-15;1-2(3)4/h2-10H,11-13H2,1H3,(H,18,19);1H3,(H,3,4)/p-1. The predicted octanol–water partition coefficient (Wildman–Crippen LogP) is 1.65. The molecule has 0 aliphatic rings. The Kier molecular flexibility index (Phi) is 8.14. The maximum absolute atomic E-state index is 11.8. The normalized spacial score (nSPS) is 9.48. The number of aliphatic carboxylic acids is 1. The summed E-state index contributed by atoms with van der Waals surface area (Å²) in [6.45, 7) is 3.70. The van der Waals surface area contributed by atoms with Crippen LogP contribution in [-0.4, -0.2) is 18.4 Å². The van der Waals surface area contributed by atoms with Crippen molar-refractivity contribution < 1.29 is 14.7 Å². The van der Waals surface area contributed by atoms with Crippen molar-refractivity contribution >= 4 is 11.9 Å². The van der Waals surface area contributed by atoms with Crippen LogP contribution < -0.4 is 10.4 Å². The fourth-order valence-corrected chi connectivity index (χ4v) is 2.03. The van der Waals surface area contributed by atoms with E-state index in [0.29, 0.717) is 13.0 Å². The van der Waals surface area contributed by atoms with Gasteiger partial charge in [-0.2, -0.15) is 0 Å². The van der Waals surface area contributed by atoms with Crippen LogP contribution in [0.25, 0.3) is 0 Å². The molecule has 0 aromatic heterocycles. The number of hydrogen-bond acceptors (Lipinski definition) is 3. The first-order valence-electron chi connectivity index (χ1n) is 7.51. The second-order valence-corrected chi connectivity index (χ2v) is 5.18. The Morgan fingerprint density at radius 1 is 1.00 bits per heavy atom. The third-order valence-electron chi connectivity index (χ3n) is 3.19. The maximum Gasteiger partial charge on any atom is 0.224 e. The van der Waals surface area contributed by atoms with Gasteiger partial charge in [-0.15, -0.1) is 0 Å². The fraction of sp³-hybridized carbons (Fsp3) is 0.263. The van der Waals surface area contributed by atoms with Crippen LogP contribution in [0.1, 0.15) is 23.6 Å². The molecule has 1 N–H and O–H groups in total. The Morgan fingerprint density at radius 2 is 1.57 bits per heavy atom. The molecule has 4 nitrogen and oxygen atoms in total. The number of carbonyl (C=O) groups excluding carboxylic acids is 2. The summed E-state index contributed by atoms with van der Waals surface area (Å²) in [6, 6.07) is 18.2. The molecule has 0 saturated carbocycles. The quantitative estimate of drug-likeness (QED) is 0.913. The van der Waals surface area contributed by atoms with Crippen molar-refractivity contribution in [2.45, 2.75) is 26.7 Å². The van der Waals surface area contributed by atoms with Crippen LogP contribution in [0.5, 0.6) is 0 Å². The van der Waals surface area contributed by atoms with E-state index < -0.39 is 5.97 Å². The van der Waals surface area contributed by atoms with Gasteiger partial charge in [-0.1, -0.05) is 54.6 Å². The van der Waals surface area contributed by atoms with E-state index in [1.165, 1.54) is 11.1 Å². The molecule has 0 bridgehead atoms. The number of benzene rings is 2. The Balaban J connectivity index is 0.000000593. The lowest BCUT2D eigenvalue weighted by Gasteiger charge is -2.07. The molecule has 0 atom stereocenters. The molecular formula is C19H22NO3-. The van der Waals surface area contributed by atoms with Crippen LogP contribution in [0.4, 0.5) is 0 Å². The topological polar surface area (TPSA) is 69.2 Å². The number of carboxylic acid groups (broad SMARTS) is 1. The summed E-state index contributed by atoms with van der Waals surface area (Å²) in [7, 11) is 0. The summed E-state index contributed by atoms with van der Waals surface area (Å²) in [5, 5.41) is 11.9. The number of carbonyl (C=O) groups is 2. The molecule has 0 saturated heterocycles. The Morgan fingerprint density at radius 3 is 2.17 bits per heavy atom. The van der Waals surface area contributed by atoms with Gasteiger partial charge in [0.2, 0.25) is 5.91 Å². The van der Waals surface area contributed by atoms with Crippen molar-refractivity contribution in [3.8, 4) is 0 Å². The molecule has 2 aromatic rings. The first-order chi connectivity index (χ1) is 11.0. The van der Waals surface area contributed by atoms with E-state index in [0.717, 1.165) is 18.9 Å². The molecule has 0 unspecified atom stereocenters. The Bertz CT molecular complexity index is 620. The van der Waals surface area contributed by atoms with E-state index in [1.807, 2.05) is 49.4 Å². The zero-order chi connectivity index (χ0) is 17.1. The van der Waals surface area contributed by atoms with Crippen LogP contribution in [-0.2, 0) is 22.4 Å². The van der Waals surface area contributed by atoms with Gasteiger partial charge in [0.1, 0.15) is 0 Å². The highest BCUT2D eigenvalue weighted by Gasteiger charge is 2.04. The van der Waals surface area contributed by atoms with Crippen LogP contribution in [0.15, 0.2) is 54.6 Å². The molecule has 4 heteroatoms. The molecule has 23 heavy (non-hydrogen) atoms. The first kappa shape index (κ1) is 18.4. The van der Waals surface area contributed by atoms with E-state index in [1.54, 1.807) is 0 Å². The van der Waals surface area contributed by atoms with Gasteiger partial charge < -0.3 is 15.2 Å². The molecule has 122 valence electrons. The van der Waals surface area contributed by atoms with Crippen molar-refractivity contribution in [3.05, 3.63) is 71.3 Å². The van der Waals surface area contributed by atoms with Gasteiger partial charge in [0.05, 0.1) is 6.42 Å². The minimum absolute atomic E-state index is 0.0882. The summed E-state index contributed by atoms with van der Waals surface area (Å²) in [5.74, 6) is -0.995. The number of carboxylic acids is 1. The van der Waals surface area contributed by atoms with E-state index >= 15 is 0 Å². The van der Waals surface area contributed by atoms with Gasteiger partial charge in [0, 0.05) is 12.5 Å². The molecule has 0 aliphatic carbocycles. The average Bonchev–Trinajstić information content (AvgIpc) is 2.50. The minimum atomic E-state index is -1.08. The fourth-order valence-electron chi connectivity index (χ4n) is 2.03. The molecule has 1 amide bonds. The monoisotopic (exact) mass is 312 g/mol. The number of aryl methyl sites for hydroxylation is 1. The van der Waals surface area contributed by atoms with E-state index in [4.69, 9.17) is 9.90 Å². The summed E-state index contributed by atoms with van der Waals surface area (Å²) in [5.41, 5.74) is 3.51. The van der Waals surface area contributed by atoms with Crippen LogP contribution in [0.2, 0.25) is 0 Å². The smallest absolute Gasteiger partial charge is 0.224 e. The largest absolute Gasteiger partial charge is 0.550 e. The summed E-state index contributed by atoms with van der Waals surface area (Å²) in [6.07, 6.45) is 1.34. The molecule has 0 aliphatic heterocycles. The Labute approximate surface area is 137 Å². The second kappa shape index (κ2) is 10.2. The predicted molar refractivity (Wildman–Crippen MR) is 88.7 cm³/mol. The summed E-state index contributed by atoms with van der Waals surface area (Å²) < 4.78 is 0. The van der Waals surface area contributed by atoms with Gasteiger partial charge in [-0.25, -0.2) is 0 Å². The number of hydrogen-bond donors (Lipinski definition) is 1. The van der Waals surface area contributed by atoms with Crippen LogP contribution in [0, 0.1) is 6.92 Å². The van der Waals surface area contributed by atoms with Crippen molar-refractivity contribution in [2.75, 3.05) is 6.54 Å². The number of nitrogens with one attached hydrogen (secondary N) is 1. The Hall–Kier alpha value is -2.62.